The number of aromatic nitrogens is 2. The molecule has 0 radical (unpaired) electrons. The average Bonchev–Trinajstić information content (AvgIpc) is 2.79. The molecule has 19 heavy (non-hydrogen) atoms. The van der Waals surface area contributed by atoms with Gasteiger partial charge in [0, 0.05) is 24.5 Å². The minimum Gasteiger partial charge on any atom is -0.491 e. The quantitative estimate of drug-likeness (QED) is 0.865. The van der Waals surface area contributed by atoms with Crippen molar-refractivity contribution < 1.29 is 4.74 Å². The van der Waals surface area contributed by atoms with E-state index in [9.17, 15) is 0 Å². The molecule has 0 aliphatic rings. The summed E-state index contributed by atoms with van der Waals surface area (Å²) in [5.41, 5.74) is 2.37. The summed E-state index contributed by atoms with van der Waals surface area (Å²) in [6.45, 7) is 6.37. The molecule has 0 atom stereocenters. The predicted molar refractivity (Wildman–Crippen MR) is 76.4 cm³/mol. The van der Waals surface area contributed by atoms with Gasteiger partial charge in [-0.05, 0) is 26.5 Å². The molecule has 0 bridgehead atoms. The second kappa shape index (κ2) is 6.38. The van der Waals surface area contributed by atoms with Crippen LogP contribution in [-0.4, -0.2) is 23.2 Å². The first-order valence-corrected chi connectivity index (χ1v) is 6.56. The van der Waals surface area contributed by atoms with Crippen molar-refractivity contribution in [3.05, 3.63) is 47.5 Å². The lowest BCUT2D eigenvalue weighted by molar-refractivity contribution is 0.292. The van der Waals surface area contributed by atoms with Crippen LogP contribution in [-0.2, 0) is 13.1 Å². The summed E-state index contributed by atoms with van der Waals surface area (Å²) in [6.07, 6.45) is 3.79. The van der Waals surface area contributed by atoms with Crippen molar-refractivity contribution in [1.82, 2.24) is 14.9 Å². The number of aryl methyl sites for hydroxylation is 2. The lowest BCUT2D eigenvalue weighted by atomic mass is 10.1. The van der Waals surface area contributed by atoms with E-state index in [1.165, 1.54) is 11.1 Å². The fourth-order valence-electron chi connectivity index (χ4n) is 2.14. The predicted octanol–water partition coefficient (Wildman–Crippen LogP) is 2.30. The molecule has 1 heterocycles. The molecule has 0 aliphatic heterocycles. The molecule has 0 fully saturated rings. The largest absolute Gasteiger partial charge is 0.491 e. The third kappa shape index (κ3) is 3.35. The van der Waals surface area contributed by atoms with E-state index in [0.717, 1.165) is 24.7 Å². The van der Waals surface area contributed by atoms with Crippen molar-refractivity contribution >= 4 is 0 Å². The Labute approximate surface area is 114 Å². The Morgan fingerprint density at radius 1 is 1.32 bits per heavy atom. The topological polar surface area (TPSA) is 39.1 Å². The Morgan fingerprint density at radius 3 is 2.84 bits per heavy atom. The Kier molecular flexibility index (Phi) is 4.58. The Morgan fingerprint density at radius 2 is 2.16 bits per heavy atom. The van der Waals surface area contributed by atoms with Gasteiger partial charge < -0.3 is 14.6 Å². The highest BCUT2D eigenvalue weighted by Crippen LogP contribution is 2.23. The van der Waals surface area contributed by atoms with Crippen molar-refractivity contribution in [2.75, 3.05) is 13.7 Å². The zero-order valence-corrected chi connectivity index (χ0v) is 11.8. The van der Waals surface area contributed by atoms with Crippen molar-refractivity contribution in [3.8, 4) is 5.75 Å². The number of imidazole rings is 1. The van der Waals surface area contributed by atoms with Gasteiger partial charge in [-0.3, -0.25) is 0 Å². The number of hydrogen-bond acceptors (Lipinski definition) is 3. The molecular formula is C15H21N3O. The van der Waals surface area contributed by atoms with E-state index in [1.54, 1.807) is 0 Å². The highest BCUT2D eigenvalue weighted by Gasteiger charge is 2.06. The maximum absolute atomic E-state index is 5.96. The normalized spacial score (nSPS) is 10.7. The van der Waals surface area contributed by atoms with Gasteiger partial charge in [-0.25, -0.2) is 4.98 Å². The molecule has 0 aliphatic carbocycles. The summed E-state index contributed by atoms with van der Waals surface area (Å²) < 4.78 is 8.05. The number of benzene rings is 1. The van der Waals surface area contributed by atoms with Gasteiger partial charge in [0.1, 0.15) is 18.2 Å². The van der Waals surface area contributed by atoms with Crippen LogP contribution in [0, 0.1) is 13.8 Å². The lowest BCUT2D eigenvalue weighted by Gasteiger charge is -2.14. The van der Waals surface area contributed by atoms with Crippen LogP contribution in [0.5, 0.6) is 5.75 Å². The minimum absolute atomic E-state index is 0.652. The number of nitrogens with zero attached hydrogens (tertiary/aromatic N) is 2. The van der Waals surface area contributed by atoms with E-state index < -0.39 is 0 Å². The number of ether oxygens (including phenoxy) is 1. The third-order valence-electron chi connectivity index (χ3n) is 3.16. The van der Waals surface area contributed by atoms with E-state index >= 15 is 0 Å². The van der Waals surface area contributed by atoms with Crippen molar-refractivity contribution in [3.63, 3.8) is 0 Å². The summed E-state index contributed by atoms with van der Waals surface area (Å²) in [5, 5.41) is 3.17. The fraction of sp³-hybridized carbons (Fsp3) is 0.400. The van der Waals surface area contributed by atoms with Gasteiger partial charge in [0.15, 0.2) is 0 Å². The van der Waals surface area contributed by atoms with Gasteiger partial charge in [0.05, 0.1) is 6.54 Å². The van der Waals surface area contributed by atoms with Crippen LogP contribution < -0.4 is 10.1 Å². The highest BCUT2D eigenvalue weighted by molar-refractivity contribution is 5.40. The van der Waals surface area contributed by atoms with Crippen molar-refractivity contribution in [1.29, 1.82) is 0 Å². The molecule has 0 unspecified atom stereocenters. The van der Waals surface area contributed by atoms with E-state index in [1.807, 2.05) is 26.4 Å². The first kappa shape index (κ1) is 13.6. The molecule has 1 aromatic heterocycles. The third-order valence-corrected chi connectivity index (χ3v) is 3.16. The van der Waals surface area contributed by atoms with Gasteiger partial charge >= 0.3 is 0 Å². The second-order valence-electron chi connectivity index (χ2n) is 4.61. The van der Waals surface area contributed by atoms with Crippen LogP contribution in [0.15, 0.2) is 30.6 Å². The number of nitrogens with one attached hydrogen (secondary N) is 1. The van der Waals surface area contributed by atoms with E-state index in [4.69, 9.17) is 4.74 Å². The van der Waals surface area contributed by atoms with Crippen molar-refractivity contribution in [2.45, 2.75) is 26.9 Å². The maximum atomic E-state index is 5.96. The Hall–Kier alpha value is -1.81. The van der Waals surface area contributed by atoms with Gasteiger partial charge in [-0.15, -0.1) is 0 Å². The molecule has 1 aromatic carbocycles. The molecule has 0 spiro atoms. The monoisotopic (exact) mass is 259 g/mol. The number of rotatable bonds is 6. The molecular weight excluding hydrogens is 238 g/mol. The molecule has 1 N–H and O–H groups in total. The van der Waals surface area contributed by atoms with Gasteiger partial charge in [0.25, 0.3) is 0 Å². The van der Waals surface area contributed by atoms with E-state index in [-0.39, 0.29) is 0 Å². The fourth-order valence-corrected chi connectivity index (χ4v) is 2.14. The summed E-state index contributed by atoms with van der Waals surface area (Å²) in [4.78, 5) is 4.20. The van der Waals surface area contributed by atoms with E-state index in [2.05, 4.69) is 40.0 Å². The highest BCUT2D eigenvalue weighted by atomic mass is 16.5. The van der Waals surface area contributed by atoms with Gasteiger partial charge in [-0.2, -0.15) is 0 Å². The minimum atomic E-state index is 0.652. The Balaban J connectivity index is 2.01. The number of hydrogen-bond donors (Lipinski definition) is 1. The molecule has 4 heteroatoms. The summed E-state index contributed by atoms with van der Waals surface area (Å²) >= 11 is 0. The van der Waals surface area contributed by atoms with Crippen LogP contribution in [0.4, 0.5) is 0 Å². The van der Waals surface area contributed by atoms with Gasteiger partial charge in [-0.1, -0.05) is 18.2 Å². The smallest absolute Gasteiger partial charge is 0.126 e. The van der Waals surface area contributed by atoms with Crippen LogP contribution >= 0.6 is 0 Å². The number of para-hydroxylation sites is 1. The van der Waals surface area contributed by atoms with Crippen LogP contribution in [0.1, 0.15) is 17.0 Å². The maximum Gasteiger partial charge on any atom is 0.126 e. The zero-order chi connectivity index (χ0) is 13.7. The molecule has 2 aromatic rings. The molecule has 0 saturated carbocycles. The van der Waals surface area contributed by atoms with Crippen LogP contribution in [0.2, 0.25) is 0 Å². The van der Waals surface area contributed by atoms with Crippen molar-refractivity contribution in [2.24, 2.45) is 0 Å². The SMILES string of the molecule is CNCc1cccc(C)c1OCCn1ccnc1C. The van der Waals surface area contributed by atoms with Gasteiger partial charge in [0.2, 0.25) is 0 Å². The molecule has 0 amide bonds. The first-order valence-electron chi connectivity index (χ1n) is 6.56. The molecule has 0 saturated heterocycles. The standard InChI is InChI=1S/C15H21N3O/c1-12-5-4-6-14(11-16-3)15(12)19-10-9-18-8-7-17-13(18)2/h4-8,16H,9-11H2,1-3H3. The first-order chi connectivity index (χ1) is 9.22. The summed E-state index contributed by atoms with van der Waals surface area (Å²) in [5.74, 6) is 2.01. The molecule has 102 valence electrons. The summed E-state index contributed by atoms with van der Waals surface area (Å²) in [7, 11) is 1.95. The Bertz CT molecular complexity index is 534. The average molecular weight is 259 g/mol. The van der Waals surface area contributed by atoms with Crippen LogP contribution in [0.3, 0.4) is 0 Å². The lowest BCUT2D eigenvalue weighted by Crippen LogP contribution is -2.12. The molecule has 2 rings (SSSR count). The molecule has 4 nitrogen and oxygen atoms in total. The van der Waals surface area contributed by atoms with Crippen LogP contribution in [0.25, 0.3) is 0 Å². The summed E-state index contributed by atoms with van der Waals surface area (Å²) in [6, 6.07) is 6.24. The van der Waals surface area contributed by atoms with E-state index in [0.29, 0.717) is 6.61 Å². The zero-order valence-electron chi connectivity index (χ0n) is 11.8. The second-order valence-corrected chi connectivity index (χ2v) is 4.61.